The van der Waals surface area contributed by atoms with Crippen molar-refractivity contribution >= 4 is 5.91 Å². The number of amides is 1. The smallest absolute Gasteiger partial charge is 0.258 e. The maximum atomic E-state index is 13.3. The van der Waals surface area contributed by atoms with Crippen molar-refractivity contribution in [1.82, 2.24) is 5.32 Å². The zero-order valence-electron chi connectivity index (χ0n) is 12.1. The fraction of sp³-hybridized carbons (Fsp3) is 0.533. The van der Waals surface area contributed by atoms with Gasteiger partial charge in [-0.25, -0.2) is 8.78 Å². The second-order valence-electron chi connectivity index (χ2n) is 5.30. The summed E-state index contributed by atoms with van der Waals surface area (Å²) in [7, 11) is 0. The SMILES string of the molecule is CC(C)CCC(C)NC(=O)COc1ccc(F)cc1F. The van der Waals surface area contributed by atoms with Crippen LogP contribution in [0, 0.1) is 17.6 Å². The van der Waals surface area contributed by atoms with Crippen LogP contribution in [0.15, 0.2) is 18.2 Å². The number of benzene rings is 1. The molecule has 0 aromatic heterocycles. The Balaban J connectivity index is 2.36. The van der Waals surface area contributed by atoms with Crippen molar-refractivity contribution in [3.63, 3.8) is 0 Å². The van der Waals surface area contributed by atoms with Gasteiger partial charge in [-0.05, 0) is 37.8 Å². The van der Waals surface area contributed by atoms with Gasteiger partial charge in [0.15, 0.2) is 18.2 Å². The first kappa shape index (κ1) is 16.4. The van der Waals surface area contributed by atoms with E-state index in [1.807, 2.05) is 6.92 Å². The highest BCUT2D eigenvalue weighted by molar-refractivity contribution is 5.77. The van der Waals surface area contributed by atoms with E-state index in [9.17, 15) is 13.6 Å². The lowest BCUT2D eigenvalue weighted by atomic mass is 10.0. The first-order valence-corrected chi connectivity index (χ1v) is 6.75. The van der Waals surface area contributed by atoms with Crippen molar-refractivity contribution in [3.05, 3.63) is 29.8 Å². The molecule has 0 spiro atoms. The lowest BCUT2D eigenvalue weighted by Gasteiger charge is -2.15. The number of nitrogens with one attached hydrogen (secondary N) is 1. The van der Waals surface area contributed by atoms with E-state index < -0.39 is 11.6 Å². The highest BCUT2D eigenvalue weighted by Gasteiger charge is 2.11. The molecule has 1 unspecified atom stereocenters. The van der Waals surface area contributed by atoms with E-state index in [2.05, 4.69) is 19.2 Å². The summed E-state index contributed by atoms with van der Waals surface area (Å²) < 4.78 is 31.0. The van der Waals surface area contributed by atoms with E-state index in [0.29, 0.717) is 5.92 Å². The Morgan fingerprint density at radius 2 is 1.95 bits per heavy atom. The summed E-state index contributed by atoms with van der Waals surface area (Å²) in [6.07, 6.45) is 1.91. The lowest BCUT2D eigenvalue weighted by Crippen LogP contribution is -2.36. The summed E-state index contributed by atoms with van der Waals surface area (Å²) in [5.74, 6) is -1.35. The van der Waals surface area contributed by atoms with Crippen LogP contribution in [0.3, 0.4) is 0 Å². The number of hydrogen-bond acceptors (Lipinski definition) is 2. The molecule has 1 aromatic rings. The molecule has 0 aliphatic heterocycles. The molecule has 0 saturated heterocycles. The molecular weight excluding hydrogens is 264 g/mol. The molecule has 0 heterocycles. The summed E-state index contributed by atoms with van der Waals surface area (Å²) in [4.78, 5) is 11.6. The Morgan fingerprint density at radius 3 is 2.55 bits per heavy atom. The third-order valence-electron chi connectivity index (χ3n) is 2.84. The molecule has 3 nitrogen and oxygen atoms in total. The van der Waals surface area contributed by atoms with Gasteiger partial charge < -0.3 is 10.1 Å². The Bertz CT molecular complexity index is 449. The zero-order chi connectivity index (χ0) is 15.1. The van der Waals surface area contributed by atoms with E-state index in [-0.39, 0.29) is 24.3 Å². The Kier molecular flexibility index (Phi) is 6.42. The summed E-state index contributed by atoms with van der Waals surface area (Å²) in [6.45, 7) is 5.87. The summed E-state index contributed by atoms with van der Waals surface area (Å²) >= 11 is 0. The second-order valence-corrected chi connectivity index (χ2v) is 5.30. The van der Waals surface area contributed by atoms with Crippen LogP contribution in [0.1, 0.15) is 33.6 Å². The Labute approximate surface area is 118 Å². The van der Waals surface area contributed by atoms with Gasteiger partial charge in [-0.1, -0.05) is 13.8 Å². The fourth-order valence-electron chi connectivity index (χ4n) is 1.71. The molecular formula is C15H21F2NO2. The summed E-state index contributed by atoms with van der Waals surface area (Å²) in [5.41, 5.74) is 0. The Morgan fingerprint density at radius 1 is 1.25 bits per heavy atom. The molecule has 0 saturated carbocycles. The number of carbonyl (C=O) groups excluding carboxylic acids is 1. The van der Waals surface area contributed by atoms with Crippen LogP contribution in [-0.2, 0) is 4.79 Å². The second kappa shape index (κ2) is 7.82. The number of halogens is 2. The van der Waals surface area contributed by atoms with Crippen molar-refractivity contribution in [3.8, 4) is 5.75 Å². The standard InChI is InChI=1S/C15H21F2NO2/c1-10(2)4-5-11(3)18-15(19)9-20-14-7-6-12(16)8-13(14)17/h6-8,10-11H,4-5,9H2,1-3H3,(H,18,19). The normalized spacial score (nSPS) is 12.3. The fourth-order valence-corrected chi connectivity index (χ4v) is 1.71. The number of ether oxygens (including phenoxy) is 1. The van der Waals surface area contributed by atoms with Crippen molar-refractivity contribution < 1.29 is 18.3 Å². The van der Waals surface area contributed by atoms with Gasteiger partial charge >= 0.3 is 0 Å². The molecule has 0 aliphatic rings. The van der Waals surface area contributed by atoms with Crippen molar-refractivity contribution in [2.75, 3.05) is 6.61 Å². The minimum absolute atomic E-state index is 0.0477. The van der Waals surface area contributed by atoms with Gasteiger partial charge in [0.1, 0.15) is 5.82 Å². The Hall–Kier alpha value is -1.65. The number of hydrogen-bond donors (Lipinski definition) is 1. The highest BCUT2D eigenvalue weighted by Crippen LogP contribution is 2.17. The third-order valence-corrected chi connectivity index (χ3v) is 2.84. The van der Waals surface area contributed by atoms with Gasteiger partial charge in [0.2, 0.25) is 0 Å². The van der Waals surface area contributed by atoms with Gasteiger partial charge in [-0.2, -0.15) is 0 Å². The average Bonchev–Trinajstić information content (AvgIpc) is 2.35. The zero-order valence-corrected chi connectivity index (χ0v) is 12.1. The van der Waals surface area contributed by atoms with E-state index in [1.165, 1.54) is 6.07 Å². The number of carbonyl (C=O) groups is 1. The molecule has 0 bridgehead atoms. The van der Waals surface area contributed by atoms with Crippen LogP contribution in [0.2, 0.25) is 0 Å². The lowest BCUT2D eigenvalue weighted by molar-refractivity contribution is -0.123. The molecule has 20 heavy (non-hydrogen) atoms. The van der Waals surface area contributed by atoms with Crippen LogP contribution in [0.4, 0.5) is 8.78 Å². The minimum Gasteiger partial charge on any atom is -0.481 e. The van der Waals surface area contributed by atoms with E-state index in [4.69, 9.17) is 4.74 Å². The van der Waals surface area contributed by atoms with Gasteiger partial charge in [-0.15, -0.1) is 0 Å². The predicted octanol–water partition coefficient (Wildman–Crippen LogP) is 3.28. The molecule has 112 valence electrons. The van der Waals surface area contributed by atoms with Gasteiger partial charge in [0.05, 0.1) is 0 Å². The largest absolute Gasteiger partial charge is 0.481 e. The summed E-state index contributed by atoms with van der Waals surface area (Å²) in [5, 5.41) is 2.78. The van der Waals surface area contributed by atoms with Crippen LogP contribution in [0.25, 0.3) is 0 Å². The number of rotatable bonds is 7. The molecule has 1 amide bonds. The van der Waals surface area contributed by atoms with Gasteiger partial charge in [0, 0.05) is 12.1 Å². The molecule has 0 fully saturated rings. The topological polar surface area (TPSA) is 38.3 Å². The van der Waals surface area contributed by atoms with E-state index in [0.717, 1.165) is 25.0 Å². The molecule has 0 radical (unpaired) electrons. The molecule has 1 rings (SSSR count). The highest BCUT2D eigenvalue weighted by atomic mass is 19.1. The minimum atomic E-state index is -0.814. The third kappa shape index (κ3) is 5.99. The first-order chi connectivity index (χ1) is 9.38. The molecule has 1 aromatic carbocycles. The van der Waals surface area contributed by atoms with Crippen molar-refractivity contribution in [1.29, 1.82) is 0 Å². The van der Waals surface area contributed by atoms with E-state index in [1.54, 1.807) is 0 Å². The molecule has 0 aliphatic carbocycles. The monoisotopic (exact) mass is 285 g/mol. The van der Waals surface area contributed by atoms with E-state index >= 15 is 0 Å². The van der Waals surface area contributed by atoms with Crippen molar-refractivity contribution in [2.45, 2.75) is 39.7 Å². The van der Waals surface area contributed by atoms with Gasteiger partial charge in [-0.3, -0.25) is 4.79 Å². The van der Waals surface area contributed by atoms with Crippen LogP contribution < -0.4 is 10.1 Å². The predicted molar refractivity (Wildman–Crippen MR) is 73.5 cm³/mol. The van der Waals surface area contributed by atoms with Crippen LogP contribution in [0.5, 0.6) is 5.75 Å². The van der Waals surface area contributed by atoms with Crippen molar-refractivity contribution in [2.24, 2.45) is 5.92 Å². The average molecular weight is 285 g/mol. The maximum absolute atomic E-state index is 13.3. The molecule has 1 atom stereocenters. The van der Waals surface area contributed by atoms with Crippen LogP contribution in [-0.4, -0.2) is 18.6 Å². The van der Waals surface area contributed by atoms with Gasteiger partial charge in [0.25, 0.3) is 5.91 Å². The van der Waals surface area contributed by atoms with Crippen LogP contribution >= 0.6 is 0 Å². The summed E-state index contributed by atoms with van der Waals surface area (Å²) in [6, 6.07) is 3.02. The maximum Gasteiger partial charge on any atom is 0.258 e. The molecule has 1 N–H and O–H groups in total. The molecule has 5 heteroatoms. The first-order valence-electron chi connectivity index (χ1n) is 6.75. The quantitative estimate of drug-likeness (QED) is 0.835.